The van der Waals surface area contributed by atoms with Crippen LogP contribution in [0.4, 0.5) is 5.69 Å². The number of anilines is 1. The number of benzene rings is 2. The van der Waals surface area contributed by atoms with Gasteiger partial charge in [-0.2, -0.15) is 0 Å². The van der Waals surface area contributed by atoms with Crippen LogP contribution in [0, 0.1) is 0 Å². The second-order valence-electron chi connectivity index (χ2n) is 6.53. The summed E-state index contributed by atoms with van der Waals surface area (Å²) < 4.78 is 0. The molecular formula is C22H19N3O2. The summed E-state index contributed by atoms with van der Waals surface area (Å²) >= 11 is 0. The highest BCUT2D eigenvalue weighted by atomic mass is 16.2. The van der Waals surface area contributed by atoms with Crippen LogP contribution in [0.25, 0.3) is 0 Å². The van der Waals surface area contributed by atoms with E-state index in [1.54, 1.807) is 11.0 Å². The van der Waals surface area contributed by atoms with Gasteiger partial charge in [0.25, 0.3) is 11.8 Å². The maximum absolute atomic E-state index is 12.9. The van der Waals surface area contributed by atoms with Crippen LogP contribution in [0.3, 0.4) is 0 Å². The smallest absolute Gasteiger partial charge is 0.257 e. The van der Waals surface area contributed by atoms with Crippen molar-refractivity contribution in [1.29, 1.82) is 0 Å². The first-order chi connectivity index (χ1) is 13.2. The number of hydrogen-bond donors (Lipinski definition) is 1. The molecule has 1 aliphatic heterocycles. The molecule has 2 heterocycles. The van der Waals surface area contributed by atoms with Crippen molar-refractivity contribution in [2.45, 2.75) is 13.0 Å². The highest BCUT2D eigenvalue weighted by molar-refractivity contribution is 6.05. The van der Waals surface area contributed by atoms with Crippen LogP contribution >= 0.6 is 0 Å². The number of carbonyl (C=O) groups excluding carboxylic acids is 2. The third-order valence-electron chi connectivity index (χ3n) is 4.70. The Morgan fingerprint density at radius 2 is 1.59 bits per heavy atom. The average Bonchev–Trinajstić information content (AvgIpc) is 2.73. The Morgan fingerprint density at radius 3 is 2.41 bits per heavy atom. The summed E-state index contributed by atoms with van der Waals surface area (Å²) in [5.74, 6) is -0.390. The van der Waals surface area contributed by atoms with E-state index in [1.165, 1.54) is 23.5 Å². The number of para-hydroxylation sites is 1. The Bertz CT molecular complexity index is 986. The van der Waals surface area contributed by atoms with Crippen molar-refractivity contribution in [2.75, 3.05) is 11.9 Å². The molecule has 27 heavy (non-hydrogen) atoms. The summed E-state index contributed by atoms with van der Waals surface area (Å²) in [5.41, 5.74) is 3.95. The third-order valence-corrected chi connectivity index (χ3v) is 4.70. The molecule has 0 fully saturated rings. The molecule has 134 valence electrons. The van der Waals surface area contributed by atoms with Crippen LogP contribution in [-0.2, 0) is 13.0 Å². The van der Waals surface area contributed by atoms with Gasteiger partial charge in [0.2, 0.25) is 0 Å². The predicted molar refractivity (Wildman–Crippen MR) is 104 cm³/mol. The van der Waals surface area contributed by atoms with Gasteiger partial charge in [-0.15, -0.1) is 0 Å². The Morgan fingerprint density at radius 1 is 0.889 bits per heavy atom. The lowest BCUT2D eigenvalue weighted by Gasteiger charge is -2.28. The first-order valence-electron chi connectivity index (χ1n) is 8.88. The second kappa shape index (κ2) is 7.41. The monoisotopic (exact) mass is 357 g/mol. The molecule has 1 N–H and O–H groups in total. The number of pyridine rings is 1. The third kappa shape index (κ3) is 3.72. The van der Waals surface area contributed by atoms with E-state index < -0.39 is 0 Å². The lowest BCUT2D eigenvalue weighted by Crippen LogP contribution is -2.36. The van der Waals surface area contributed by atoms with Gasteiger partial charge >= 0.3 is 0 Å². The predicted octanol–water partition coefficient (Wildman–Crippen LogP) is 3.53. The van der Waals surface area contributed by atoms with E-state index in [-0.39, 0.29) is 11.8 Å². The molecule has 5 heteroatoms. The van der Waals surface area contributed by atoms with Crippen molar-refractivity contribution in [1.82, 2.24) is 9.88 Å². The fraction of sp³-hybridized carbons (Fsp3) is 0.136. The molecule has 2 aromatic carbocycles. The zero-order valence-corrected chi connectivity index (χ0v) is 14.8. The van der Waals surface area contributed by atoms with Crippen molar-refractivity contribution < 1.29 is 9.59 Å². The molecule has 0 atom stereocenters. The van der Waals surface area contributed by atoms with Gasteiger partial charge in [-0.3, -0.25) is 14.6 Å². The van der Waals surface area contributed by atoms with Crippen LogP contribution in [0.15, 0.2) is 73.1 Å². The number of nitrogens with zero attached hydrogens (tertiary/aromatic N) is 2. The summed E-state index contributed by atoms with van der Waals surface area (Å²) in [4.78, 5) is 31.3. The van der Waals surface area contributed by atoms with E-state index in [1.807, 2.05) is 42.5 Å². The van der Waals surface area contributed by atoms with Gasteiger partial charge in [0.05, 0.1) is 11.1 Å². The maximum atomic E-state index is 12.9. The van der Waals surface area contributed by atoms with Gasteiger partial charge in [0, 0.05) is 31.2 Å². The molecule has 0 bridgehead atoms. The fourth-order valence-corrected chi connectivity index (χ4v) is 3.26. The Labute approximate surface area is 157 Å². The van der Waals surface area contributed by atoms with Crippen molar-refractivity contribution >= 4 is 17.5 Å². The molecule has 0 unspecified atom stereocenters. The first kappa shape index (κ1) is 17.0. The molecule has 0 saturated carbocycles. The molecule has 3 aromatic rings. The van der Waals surface area contributed by atoms with Crippen LogP contribution < -0.4 is 5.32 Å². The molecule has 1 aliphatic rings. The van der Waals surface area contributed by atoms with Gasteiger partial charge in [-0.1, -0.05) is 42.5 Å². The zero-order valence-electron chi connectivity index (χ0n) is 14.8. The number of rotatable bonds is 3. The maximum Gasteiger partial charge on any atom is 0.257 e. The molecule has 0 saturated heterocycles. The molecule has 4 rings (SSSR count). The minimum atomic E-state index is -0.285. The van der Waals surface area contributed by atoms with E-state index in [4.69, 9.17) is 0 Å². The van der Waals surface area contributed by atoms with Crippen molar-refractivity contribution in [3.8, 4) is 0 Å². The summed E-state index contributed by atoms with van der Waals surface area (Å²) in [6.45, 7) is 1.24. The second-order valence-corrected chi connectivity index (χ2v) is 6.53. The van der Waals surface area contributed by atoms with E-state index in [9.17, 15) is 9.59 Å². The topological polar surface area (TPSA) is 62.3 Å². The fourth-order valence-electron chi connectivity index (χ4n) is 3.26. The summed E-state index contributed by atoms with van der Waals surface area (Å²) in [6, 6.07) is 19.0. The quantitative estimate of drug-likeness (QED) is 0.780. The van der Waals surface area contributed by atoms with E-state index in [0.29, 0.717) is 29.9 Å². The molecule has 0 radical (unpaired) electrons. The number of aromatic nitrogens is 1. The van der Waals surface area contributed by atoms with E-state index in [2.05, 4.69) is 22.4 Å². The standard InChI is InChI=1S/C22H19N3O2/c26-21(24-20-8-2-1-3-9-20)18-12-19(14-23-13-18)22(27)25-11-10-16-6-4-5-7-17(16)15-25/h1-9,12-14H,10-11,15H2,(H,24,26). The number of carbonyl (C=O) groups is 2. The van der Waals surface area contributed by atoms with Crippen LogP contribution in [-0.4, -0.2) is 28.2 Å². The SMILES string of the molecule is O=C(Nc1ccccc1)c1cncc(C(=O)N2CCc3ccccc3C2)c1. The van der Waals surface area contributed by atoms with Crippen LogP contribution in [0.2, 0.25) is 0 Å². The molecule has 0 aliphatic carbocycles. The van der Waals surface area contributed by atoms with E-state index >= 15 is 0 Å². The van der Waals surface area contributed by atoms with Crippen molar-refractivity contribution in [2.24, 2.45) is 0 Å². The number of hydrogen-bond acceptors (Lipinski definition) is 3. The Kier molecular flexibility index (Phi) is 4.66. The lowest BCUT2D eigenvalue weighted by atomic mass is 9.99. The summed E-state index contributed by atoms with van der Waals surface area (Å²) in [6.07, 6.45) is 3.83. The highest BCUT2D eigenvalue weighted by Gasteiger charge is 2.22. The average molecular weight is 357 g/mol. The Balaban J connectivity index is 1.50. The molecule has 2 amide bonds. The Hall–Kier alpha value is -3.47. The van der Waals surface area contributed by atoms with Crippen LogP contribution in [0.5, 0.6) is 0 Å². The van der Waals surface area contributed by atoms with Gasteiger partial charge in [-0.25, -0.2) is 0 Å². The number of nitrogens with one attached hydrogen (secondary N) is 1. The number of amides is 2. The number of fused-ring (bicyclic) bond motifs is 1. The molecular weight excluding hydrogens is 338 g/mol. The van der Waals surface area contributed by atoms with Crippen molar-refractivity contribution in [3.63, 3.8) is 0 Å². The largest absolute Gasteiger partial charge is 0.334 e. The van der Waals surface area contributed by atoms with E-state index in [0.717, 1.165) is 6.42 Å². The van der Waals surface area contributed by atoms with Gasteiger partial charge < -0.3 is 10.2 Å². The van der Waals surface area contributed by atoms with Gasteiger partial charge in [0.15, 0.2) is 0 Å². The lowest BCUT2D eigenvalue weighted by molar-refractivity contribution is 0.0734. The first-order valence-corrected chi connectivity index (χ1v) is 8.88. The molecule has 1 aromatic heterocycles. The minimum Gasteiger partial charge on any atom is -0.334 e. The van der Waals surface area contributed by atoms with Gasteiger partial charge in [-0.05, 0) is 35.7 Å². The normalized spacial score (nSPS) is 13.0. The summed E-state index contributed by atoms with van der Waals surface area (Å²) in [7, 11) is 0. The van der Waals surface area contributed by atoms with Crippen molar-refractivity contribution in [3.05, 3.63) is 95.3 Å². The molecule has 0 spiro atoms. The minimum absolute atomic E-state index is 0.105. The van der Waals surface area contributed by atoms with Gasteiger partial charge in [0.1, 0.15) is 0 Å². The highest BCUT2D eigenvalue weighted by Crippen LogP contribution is 2.20. The molecule has 5 nitrogen and oxygen atoms in total. The zero-order chi connectivity index (χ0) is 18.6. The van der Waals surface area contributed by atoms with Crippen LogP contribution in [0.1, 0.15) is 31.8 Å². The summed E-state index contributed by atoms with van der Waals surface area (Å²) in [5, 5.41) is 2.81.